The van der Waals surface area contributed by atoms with E-state index >= 15 is 0 Å². The van der Waals surface area contributed by atoms with Crippen LogP contribution in [0.5, 0.6) is 0 Å². The lowest BCUT2D eigenvalue weighted by molar-refractivity contribution is -0.384. The average molecular weight is 437 g/mol. The molecule has 9 nitrogen and oxygen atoms in total. The Kier molecular flexibility index (Phi) is 6.34. The highest BCUT2D eigenvalue weighted by Crippen LogP contribution is 2.32. The summed E-state index contributed by atoms with van der Waals surface area (Å²) >= 11 is 0. The van der Waals surface area contributed by atoms with E-state index in [2.05, 4.69) is 22.4 Å². The summed E-state index contributed by atoms with van der Waals surface area (Å²) in [6, 6.07) is 10.0. The molecule has 1 saturated heterocycles. The van der Waals surface area contributed by atoms with Gasteiger partial charge in [-0.15, -0.1) is 10.2 Å². The minimum Gasteiger partial charge on any atom is -0.366 e. The summed E-state index contributed by atoms with van der Waals surface area (Å²) in [7, 11) is 0. The summed E-state index contributed by atoms with van der Waals surface area (Å²) < 4.78 is 1.85. The van der Waals surface area contributed by atoms with Gasteiger partial charge in [0.05, 0.1) is 11.0 Å². The van der Waals surface area contributed by atoms with Crippen LogP contribution in [-0.4, -0.2) is 38.5 Å². The second-order valence-electron chi connectivity index (χ2n) is 8.43. The van der Waals surface area contributed by atoms with Gasteiger partial charge in [0.1, 0.15) is 5.69 Å². The molecule has 32 heavy (non-hydrogen) atoms. The minimum atomic E-state index is -0.403. The Morgan fingerprint density at radius 3 is 2.75 bits per heavy atom. The second kappa shape index (κ2) is 9.33. The molecular formula is C23H28N6O3. The van der Waals surface area contributed by atoms with Gasteiger partial charge in [-0.3, -0.25) is 19.3 Å². The lowest BCUT2D eigenvalue weighted by Crippen LogP contribution is -2.33. The molecule has 1 atom stereocenters. The third kappa shape index (κ3) is 4.42. The van der Waals surface area contributed by atoms with Crippen LogP contribution < -0.4 is 10.2 Å². The van der Waals surface area contributed by atoms with E-state index in [-0.39, 0.29) is 23.2 Å². The van der Waals surface area contributed by atoms with Crippen molar-refractivity contribution < 1.29 is 9.72 Å². The predicted molar refractivity (Wildman–Crippen MR) is 122 cm³/mol. The molecule has 0 saturated carbocycles. The highest BCUT2D eigenvalue weighted by molar-refractivity contribution is 5.96. The molecule has 4 rings (SSSR count). The Morgan fingerprint density at radius 2 is 2.03 bits per heavy atom. The van der Waals surface area contributed by atoms with E-state index in [4.69, 9.17) is 0 Å². The lowest BCUT2D eigenvalue weighted by Gasteiger charge is -2.31. The first-order valence-electron chi connectivity index (χ1n) is 11.1. The van der Waals surface area contributed by atoms with Crippen LogP contribution >= 0.6 is 0 Å². The monoisotopic (exact) mass is 436 g/mol. The first-order valence-corrected chi connectivity index (χ1v) is 11.1. The number of hydrogen-bond donors (Lipinski definition) is 1. The van der Waals surface area contributed by atoms with Crippen LogP contribution in [0.4, 0.5) is 11.4 Å². The molecule has 2 aromatic heterocycles. The quantitative estimate of drug-likeness (QED) is 0.441. The number of pyridine rings is 1. The molecule has 1 amide bonds. The van der Waals surface area contributed by atoms with E-state index in [1.165, 1.54) is 6.07 Å². The van der Waals surface area contributed by atoms with Gasteiger partial charge >= 0.3 is 0 Å². The summed E-state index contributed by atoms with van der Waals surface area (Å²) in [5.74, 6) is 0.904. The molecule has 1 N–H and O–H groups in total. The number of nitro benzene ring substituents is 1. The van der Waals surface area contributed by atoms with Crippen molar-refractivity contribution in [2.45, 2.75) is 45.6 Å². The number of nitro groups is 1. The number of carbonyl (C=O) groups is 1. The number of anilines is 1. The molecule has 1 unspecified atom stereocenters. The van der Waals surface area contributed by atoms with Gasteiger partial charge in [-0.05, 0) is 49.4 Å². The van der Waals surface area contributed by atoms with Crippen LogP contribution in [-0.2, 0) is 0 Å². The van der Waals surface area contributed by atoms with Crippen molar-refractivity contribution in [2.75, 3.05) is 18.0 Å². The van der Waals surface area contributed by atoms with Crippen molar-refractivity contribution >= 4 is 22.9 Å². The Morgan fingerprint density at radius 1 is 1.25 bits per heavy atom. The molecule has 1 fully saturated rings. The molecule has 1 aromatic carbocycles. The number of piperidine rings is 1. The fraction of sp³-hybridized carbons (Fsp3) is 0.435. The molecule has 0 spiro atoms. The first kappa shape index (κ1) is 21.7. The highest BCUT2D eigenvalue weighted by Gasteiger charge is 2.26. The zero-order valence-electron chi connectivity index (χ0n) is 18.4. The summed E-state index contributed by atoms with van der Waals surface area (Å²) in [4.78, 5) is 26.5. The normalized spacial score (nSPS) is 15.6. The standard InChI is InChI=1S/C23H28N6O3/c1-3-6-18(22-26-25-21-7-4-5-12-28(21)22)24-23(30)17-8-9-19(20(15-17)29(31)32)27-13-10-16(2)11-14-27/h4-5,7-9,12,15-16,18H,3,6,10-11,13-14H2,1-2H3,(H,24,30). The predicted octanol–water partition coefficient (Wildman–Crippen LogP) is 4.15. The van der Waals surface area contributed by atoms with Gasteiger partial charge in [0.15, 0.2) is 11.5 Å². The van der Waals surface area contributed by atoms with Gasteiger partial charge in [-0.2, -0.15) is 0 Å². The number of fused-ring (bicyclic) bond motifs is 1. The SMILES string of the molecule is CCCC(NC(=O)c1ccc(N2CCC(C)CC2)c([N+](=O)[O-])c1)c1nnc2ccccn12. The highest BCUT2D eigenvalue weighted by atomic mass is 16.6. The van der Waals surface area contributed by atoms with Gasteiger partial charge in [0.2, 0.25) is 0 Å². The Labute approximate surface area is 186 Å². The Bertz CT molecular complexity index is 1120. The van der Waals surface area contributed by atoms with Gasteiger partial charge < -0.3 is 10.2 Å². The molecule has 168 valence electrons. The van der Waals surface area contributed by atoms with Crippen molar-refractivity contribution in [1.29, 1.82) is 0 Å². The van der Waals surface area contributed by atoms with Crippen molar-refractivity contribution in [2.24, 2.45) is 5.92 Å². The zero-order chi connectivity index (χ0) is 22.7. The maximum atomic E-state index is 13.1. The summed E-state index contributed by atoms with van der Waals surface area (Å²) in [6.45, 7) is 5.80. The van der Waals surface area contributed by atoms with Crippen LogP contribution in [0.25, 0.3) is 5.65 Å². The first-order chi connectivity index (χ1) is 15.5. The fourth-order valence-corrected chi connectivity index (χ4v) is 4.22. The second-order valence-corrected chi connectivity index (χ2v) is 8.43. The van der Waals surface area contributed by atoms with Crippen molar-refractivity contribution in [1.82, 2.24) is 19.9 Å². The van der Waals surface area contributed by atoms with Gasteiger partial charge in [-0.25, -0.2) is 0 Å². The van der Waals surface area contributed by atoms with E-state index in [1.54, 1.807) is 12.1 Å². The van der Waals surface area contributed by atoms with Crippen molar-refractivity contribution in [3.05, 3.63) is 64.1 Å². The summed E-state index contributed by atoms with van der Waals surface area (Å²) in [5, 5.41) is 23.2. The lowest BCUT2D eigenvalue weighted by atomic mass is 9.98. The Balaban J connectivity index is 1.59. The molecule has 3 heterocycles. The number of rotatable bonds is 7. The number of carbonyl (C=O) groups excluding carboxylic acids is 1. The molecule has 0 bridgehead atoms. The number of nitrogens with zero attached hydrogens (tertiary/aromatic N) is 5. The largest absolute Gasteiger partial charge is 0.366 e. The smallest absolute Gasteiger partial charge is 0.293 e. The maximum absolute atomic E-state index is 13.1. The molecule has 3 aromatic rings. The van der Waals surface area contributed by atoms with E-state index in [0.717, 1.165) is 32.4 Å². The van der Waals surface area contributed by atoms with E-state index in [1.807, 2.05) is 40.6 Å². The number of aromatic nitrogens is 3. The Hall–Kier alpha value is -3.49. The number of benzene rings is 1. The summed E-state index contributed by atoms with van der Waals surface area (Å²) in [5.41, 5.74) is 1.51. The maximum Gasteiger partial charge on any atom is 0.293 e. The van der Waals surface area contributed by atoms with Gasteiger partial charge in [0.25, 0.3) is 11.6 Å². The molecule has 0 radical (unpaired) electrons. The molecule has 9 heteroatoms. The molecule has 1 aliphatic heterocycles. The van der Waals surface area contributed by atoms with Crippen LogP contribution in [0.15, 0.2) is 42.6 Å². The van der Waals surface area contributed by atoms with Crippen LogP contribution in [0.1, 0.15) is 61.8 Å². The fourth-order valence-electron chi connectivity index (χ4n) is 4.22. The molecular weight excluding hydrogens is 408 g/mol. The van der Waals surface area contributed by atoms with Crippen molar-refractivity contribution in [3.63, 3.8) is 0 Å². The van der Waals surface area contributed by atoms with E-state index in [0.29, 0.717) is 29.5 Å². The third-order valence-electron chi connectivity index (χ3n) is 6.09. The minimum absolute atomic E-state index is 0.0350. The van der Waals surface area contributed by atoms with Crippen molar-refractivity contribution in [3.8, 4) is 0 Å². The average Bonchev–Trinajstić information content (AvgIpc) is 3.23. The molecule has 1 aliphatic rings. The van der Waals surface area contributed by atoms with Crippen LogP contribution in [0.3, 0.4) is 0 Å². The zero-order valence-corrected chi connectivity index (χ0v) is 18.4. The van der Waals surface area contributed by atoms with Crippen LogP contribution in [0, 0.1) is 16.0 Å². The number of nitrogens with one attached hydrogen (secondary N) is 1. The molecule has 0 aliphatic carbocycles. The van der Waals surface area contributed by atoms with E-state index < -0.39 is 4.92 Å². The van der Waals surface area contributed by atoms with Gasteiger partial charge in [0, 0.05) is 30.9 Å². The van der Waals surface area contributed by atoms with E-state index in [9.17, 15) is 14.9 Å². The number of hydrogen-bond acceptors (Lipinski definition) is 6. The summed E-state index contributed by atoms with van der Waals surface area (Å²) in [6.07, 6.45) is 5.38. The third-order valence-corrected chi connectivity index (χ3v) is 6.09. The topological polar surface area (TPSA) is 106 Å². The number of amides is 1. The van der Waals surface area contributed by atoms with Crippen LogP contribution in [0.2, 0.25) is 0 Å². The van der Waals surface area contributed by atoms with Gasteiger partial charge in [-0.1, -0.05) is 26.3 Å².